The number of hydrogen-bond acceptors (Lipinski definition) is 10. The highest BCUT2D eigenvalue weighted by Gasteiger charge is 2.36. The number of benzene rings is 4. The maximum absolute atomic E-state index is 14.5. The molecule has 6 N–H and O–H groups in total. The van der Waals surface area contributed by atoms with E-state index in [9.17, 15) is 33.9 Å². The van der Waals surface area contributed by atoms with Gasteiger partial charge in [-0.15, -0.1) is 0 Å². The number of ketones is 1. The van der Waals surface area contributed by atoms with Gasteiger partial charge in [-0.1, -0.05) is 143 Å². The van der Waals surface area contributed by atoms with E-state index in [4.69, 9.17) is 9.47 Å². The van der Waals surface area contributed by atoms with Gasteiger partial charge in [0.05, 0.1) is 31.4 Å². The summed E-state index contributed by atoms with van der Waals surface area (Å²) in [6.07, 6.45) is 2.04. The molecule has 3 unspecified atom stereocenters. The number of aliphatic hydroxyl groups is 1. The monoisotopic (exact) mass is 1010 g/mol. The Labute approximate surface area is 434 Å². The number of aliphatic hydroxyl groups excluding tert-OH is 1. The Morgan fingerprint density at radius 3 is 1.81 bits per heavy atom. The van der Waals surface area contributed by atoms with Crippen molar-refractivity contribution in [3.05, 3.63) is 150 Å². The van der Waals surface area contributed by atoms with Crippen molar-refractivity contribution in [3.63, 3.8) is 0 Å². The molecule has 0 saturated heterocycles. The molecule has 6 atom stereocenters. The van der Waals surface area contributed by atoms with Gasteiger partial charge in [0.1, 0.15) is 24.3 Å². The number of fused-ring (bicyclic) bond motifs is 3. The van der Waals surface area contributed by atoms with Crippen molar-refractivity contribution in [2.45, 2.75) is 129 Å². The van der Waals surface area contributed by atoms with Crippen LogP contribution in [0.15, 0.2) is 122 Å². The van der Waals surface area contributed by atoms with E-state index in [-0.39, 0.29) is 56.8 Å². The van der Waals surface area contributed by atoms with Gasteiger partial charge in [0.2, 0.25) is 17.7 Å². The van der Waals surface area contributed by atoms with Gasteiger partial charge in [-0.3, -0.25) is 19.2 Å². The lowest BCUT2D eigenvalue weighted by Crippen LogP contribution is -2.57. The van der Waals surface area contributed by atoms with Gasteiger partial charge >= 0.3 is 12.2 Å². The second-order valence-corrected chi connectivity index (χ2v) is 20.6. The number of rotatable bonds is 25. The number of amides is 5. The largest absolute Gasteiger partial charge is 0.448 e. The Bertz CT molecular complexity index is 2590. The lowest BCUT2D eigenvalue weighted by atomic mass is 9.95. The lowest BCUT2D eigenvalue weighted by Gasteiger charge is -2.35. The second kappa shape index (κ2) is 26.6. The minimum atomic E-state index is -1.24. The zero-order chi connectivity index (χ0) is 53.4. The molecule has 74 heavy (non-hydrogen) atoms. The second-order valence-electron chi connectivity index (χ2n) is 20.6. The molecule has 0 spiro atoms. The van der Waals surface area contributed by atoms with Gasteiger partial charge in [0.25, 0.3) is 0 Å². The summed E-state index contributed by atoms with van der Waals surface area (Å²) in [5, 5.41) is 22.2. The number of aromatic nitrogens is 2. The average molecular weight is 1010 g/mol. The Balaban J connectivity index is 1.18. The fourth-order valence-corrected chi connectivity index (χ4v) is 9.23. The van der Waals surface area contributed by atoms with Crippen molar-refractivity contribution in [2.75, 3.05) is 19.8 Å². The maximum atomic E-state index is 14.5. The number of hydrogen-bond donors (Lipinski definition) is 6. The molecule has 0 fully saturated rings. The van der Waals surface area contributed by atoms with Crippen molar-refractivity contribution in [1.29, 1.82) is 0 Å². The first-order valence-electron chi connectivity index (χ1n) is 25.6. The molecule has 6 rings (SSSR count). The quantitative estimate of drug-likeness (QED) is 0.0317. The Hall–Kier alpha value is -7.33. The first-order valence-corrected chi connectivity index (χ1v) is 25.6. The Morgan fingerprint density at radius 1 is 0.716 bits per heavy atom. The molecular formula is C58H73N7O9. The van der Waals surface area contributed by atoms with Gasteiger partial charge < -0.3 is 45.7 Å². The van der Waals surface area contributed by atoms with E-state index in [0.717, 1.165) is 33.4 Å². The van der Waals surface area contributed by atoms with Gasteiger partial charge in [0, 0.05) is 43.2 Å². The van der Waals surface area contributed by atoms with Crippen LogP contribution in [0.5, 0.6) is 0 Å². The molecular weight excluding hydrogens is 939 g/mol. The standard InChI is InChI=1S/C58H73N7O9/c1-8-38(4)51(33-65(42(34-66)28-39-19-11-9-12-20-39)57(72)73-35-47-45-25-17-15-23-43(45)44-24-16-18-26-46(44)47)61-53(68)31-52(67)48(27-37(2)3)62-55(70)50(30-41-32-59-36-60-41)63-54(69)49(29-40-21-13-10-14-22-40)64-56(71)74-58(5,6)7/h9-26,32,36-38,42,47-51,66H,8,27-31,33-35H2,1-7H3,(H,59,60)(H,61,68)(H,62,70)(H,63,69)(H,64,71)/t38?,42?,48-,49-,50-,51?/m0/s1. The summed E-state index contributed by atoms with van der Waals surface area (Å²) in [7, 11) is 0. The molecule has 0 radical (unpaired) electrons. The first kappa shape index (κ1) is 56.0. The molecule has 0 bridgehead atoms. The molecule has 0 aliphatic heterocycles. The molecule has 1 heterocycles. The van der Waals surface area contributed by atoms with Crippen LogP contribution >= 0.6 is 0 Å². The van der Waals surface area contributed by atoms with E-state index in [2.05, 4.69) is 43.4 Å². The van der Waals surface area contributed by atoms with Gasteiger partial charge in [-0.2, -0.15) is 0 Å². The zero-order valence-corrected chi connectivity index (χ0v) is 43.6. The third kappa shape index (κ3) is 16.1. The van der Waals surface area contributed by atoms with Crippen LogP contribution in [-0.2, 0) is 47.9 Å². The molecule has 4 aromatic carbocycles. The van der Waals surface area contributed by atoms with Crippen molar-refractivity contribution in [2.24, 2.45) is 11.8 Å². The normalized spacial score (nSPS) is 14.5. The SMILES string of the molecule is CCC(C)C(CN(C(=O)OCC1c2ccccc2-c2ccccc21)C(CO)Cc1ccccc1)NC(=O)CC(=O)[C@H](CC(C)C)NC(=O)[C@H](Cc1cnc[nH]1)NC(=O)[C@H](Cc1ccccc1)NC(=O)OC(C)(C)C. The van der Waals surface area contributed by atoms with E-state index in [1.807, 2.05) is 125 Å². The van der Waals surface area contributed by atoms with Crippen LogP contribution in [0.3, 0.4) is 0 Å². The van der Waals surface area contributed by atoms with Crippen LogP contribution in [0.2, 0.25) is 0 Å². The van der Waals surface area contributed by atoms with E-state index in [0.29, 0.717) is 18.5 Å². The fourth-order valence-electron chi connectivity index (χ4n) is 9.23. The number of ether oxygens (including phenoxy) is 2. The Morgan fingerprint density at radius 2 is 1.27 bits per heavy atom. The summed E-state index contributed by atoms with van der Waals surface area (Å²) >= 11 is 0. The van der Waals surface area contributed by atoms with E-state index < -0.39 is 77.9 Å². The number of nitrogens with zero attached hydrogens (tertiary/aromatic N) is 2. The molecule has 1 aliphatic carbocycles. The zero-order valence-electron chi connectivity index (χ0n) is 43.6. The number of aromatic amines is 1. The summed E-state index contributed by atoms with van der Waals surface area (Å²) in [6, 6.07) is 29.8. The topological polar surface area (TPSA) is 221 Å². The third-order valence-electron chi connectivity index (χ3n) is 13.3. The highest BCUT2D eigenvalue weighted by Crippen LogP contribution is 2.44. The van der Waals surface area contributed by atoms with Crippen molar-refractivity contribution in [1.82, 2.24) is 36.1 Å². The summed E-state index contributed by atoms with van der Waals surface area (Å²) < 4.78 is 11.6. The number of carbonyl (C=O) groups excluding carboxylic acids is 6. The molecule has 394 valence electrons. The summed E-state index contributed by atoms with van der Waals surface area (Å²) in [5.74, 6) is -3.02. The van der Waals surface area contributed by atoms with Crippen LogP contribution in [0, 0.1) is 11.8 Å². The molecule has 5 amide bonds. The molecule has 5 aromatic rings. The number of alkyl carbamates (subject to hydrolysis) is 1. The first-order chi connectivity index (χ1) is 35.4. The van der Waals surface area contributed by atoms with Crippen LogP contribution in [0.25, 0.3) is 11.1 Å². The minimum absolute atomic E-state index is 0.0289. The number of carbonyl (C=O) groups is 6. The van der Waals surface area contributed by atoms with Crippen LogP contribution in [-0.4, -0.2) is 111 Å². The van der Waals surface area contributed by atoms with Gasteiger partial charge in [-0.05, 0) is 78.8 Å². The third-order valence-corrected chi connectivity index (χ3v) is 13.3. The minimum Gasteiger partial charge on any atom is -0.448 e. The summed E-state index contributed by atoms with van der Waals surface area (Å²) in [6.45, 7) is 12.4. The number of nitrogens with one attached hydrogen (secondary N) is 5. The number of Topliss-reactive ketones (excluding diaryl/α,β-unsaturated/α-hetero) is 1. The molecule has 1 aromatic heterocycles. The average Bonchev–Trinajstić information content (AvgIpc) is 4.01. The van der Waals surface area contributed by atoms with Crippen LogP contribution in [0.1, 0.15) is 102 Å². The predicted molar refractivity (Wildman–Crippen MR) is 283 cm³/mol. The number of H-pyrrole nitrogens is 1. The fraction of sp³-hybridized carbons (Fsp3) is 0.431. The summed E-state index contributed by atoms with van der Waals surface area (Å²) in [4.78, 5) is 92.9. The van der Waals surface area contributed by atoms with E-state index in [1.165, 1.54) is 17.4 Å². The van der Waals surface area contributed by atoms with E-state index >= 15 is 0 Å². The maximum Gasteiger partial charge on any atom is 0.410 e. The van der Waals surface area contributed by atoms with Gasteiger partial charge in [-0.25, -0.2) is 14.6 Å². The highest BCUT2D eigenvalue weighted by atomic mass is 16.6. The van der Waals surface area contributed by atoms with Crippen LogP contribution < -0.4 is 21.3 Å². The van der Waals surface area contributed by atoms with Crippen molar-refractivity contribution < 1.29 is 43.3 Å². The Kier molecular flexibility index (Phi) is 20.1. The lowest BCUT2D eigenvalue weighted by molar-refractivity contribution is -0.134. The molecule has 16 heteroatoms. The summed E-state index contributed by atoms with van der Waals surface area (Å²) in [5.41, 5.74) is 5.59. The molecule has 0 saturated carbocycles. The van der Waals surface area contributed by atoms with E-state index in [1.54, 1.807) is 20.8 Å². The van der Waals surface area contributed by atoms with Gasteiger partial charge in [0.15, 0.2) is 5.78 Å². The predicted octanol–water partition coefficient (Wildman–Crippen LogP) is 7.45. The van der Waals surface area contributed by atoms with Crippen LogP contribution in [0.4, 0.5) is 9.59 Å². The number of imidazole rings is 1. The molecule has 1 aliphatic rings. The smallest absolute Gasteiger partial charge is 0.410 e. The van der Waals surface area contributed by atoms with Crippen molar-refractivity contribution in [3.8, 4) is 11.1 Å². The molecule has 16 nitrogen and oxygen atoms in total. The highest BCUT2D eigenvalue weighted by molar-refractivity contribution is 6.02. The van der Waals surface area contributed by atoms with Crippen molar-refractivity contribution >= 4 is 35.7 Å².